The Morgan fingerprint density at radius 3 is 2.70 bits per heavy atom. The monoisotopic (exact) mass is 431 g/mol. The van der Waals surface area contributed by atoms with Gasteiger partial charge in [0, 0.05) is 5.54 Å². The molecule has 10 nitrogen and oxygen atoms in total. The molecule has 3 atom stereocenters. The van der Waals surface area contributed by atoms with Gasteiger partial charge in [0.2, 0.25) is 5.89 Å². The van der Waals surface area contributed by atoms with Gasteiger partial charge >= 0.3 is 18.1 Å². The quantitative estimate of drug-likeness (QED) is 0.695. The minimum absolute atomic E-state index is 0.131. The van der Waals surface area contributed by atoms with E-state index in [0.29, 0.717) is 18.2 Å². The van der Waals surface area contributed by atoms with Gasteiger partial charge in [-0.05, 0) is 38.5 Å². The van der Waals surface area contributed by atoms with Crippen molar-refractivity contribution < 1.29 is 37.0 Å². The SMILES string of the molecule is CCOC(=O)c1coc(-c2cn(C3CC4CCC3(N)C4)nn2)n1.O=C(O)C(F)(F)F. The van der Waals surface area contributed by atoms with Crippen LogP contribution in [0.3, 0.4) is 0 Å². The molecule has 13 heteroatoms. The zero-order valence-corrected chi connectivity index (χ0v) is 15.9. The fourth-order valence-corrected chi connectivity index (χ4v) is 3.86. The highest BCUT2D eigenvalue weighted by Crippen LogP contribution is 2.52. The van der Waals surface area contributed by atoms with E-state index < -0.39 is 18.1 Å². The number of esters is 1. The number of oxazole rings is 1. The molecule has 2 fully saturated rings. The van der Waals surface area contributed by atoms with Gasteiger partial charge in [-0.1, -0.05) is 5.21 Å². The molecule has 3 unspecified atom stereocenters. The number of carbonyl (C=O) groups is 2. The molecule has 30 heavy (non-hydrogen) atoms. The number of hydrogen-bond donors (Lipinski definition) is 2. The predicted octanol–water partition coefficient (Wildman–Crippen LogP) is 2.19. The summed E-state index contributed by atoms with van der Waals surface area (Å²) in [7, 11) is 0. The second-order valence-corrected chi connectivity index (χ2v) is 7.24. The van der Waals surface area contributed by atoms with Crippen molar-refractivity contribution in [2.45, 2.75) is 50.4 Å². The molecule has 2 aliphatic rings. The zero-order chi connectivity index (χ0) is 22.1. The minimum atomic E-state index is -5.08. The number of carbonyl (C=O) groups excluding carboxylic acids is 1. The van der Waals surface area contributed by atoms with Crippen LogP contribution >= 0.6 is 0 Å². The molecule has 0 spiro atoms. The van der Waals surface area contributed by atoms with Crippen LogP contribution in [0.5, 0.6) is 0 Å². The number of halogens is 3. The lowest BCUT2D eigenvalue weighted by Gasteiger charge is -2.30. The number of fused-ring (bicyclic) bond motifs is 2. The number of nitrogens with two attached hydrogens (primary N) is 1. The smallest absolute Gasteiger partial charge is 0.475 e. The maximum atomic E-state index is 11.6. The summed E-state index contributed by atoms with van der Waals surface area (Å²) in [5, 5.41) is 15.4. The van der Waals surface area contributed by atoms with Gasteiger partial charge in [-0.25, -0.2) is 19.3 Å². The Kier molecular flexibility index (Phi) is 5.83. The van der Waals surface area contributed by atoms with E-state index in [-0.39, 0.29) is 23.2 Å². The van der Waals surface area contributed by atoms with Crippen molar-refractivity contribution in [3.8, 4) is 11.6 Å². The van der Waals surface area contributed by atoms with E-state index in [1.807, 2.05) is 4.68 Å². The van der Waals surface area contributed by atoms with Gasteiger partial charge in [0.25, 0.3) is 0 Å². The van der Waals surface area contributed by atoms with Crippen LogP contribution in [0, 0.1) is 5.92 Å². The Bertz CT molecular complexity index is 927. The number of hydrogen-bond acceptors (Lipinski definition) is 8. The summed E-state index contributed by atoms with van der Waals surface area (Å²) in [6.07, 6.45) is 2.31. The van der Waals surface area contributed by atoms with Crippen molar-refractivity contribution >= 4 is 11.9 Å². The normalized spacial score (nSPS) is 25.0. The molecular formula is C17H20F3N5O5. The van der Waals surface area contributed by atoms with Crippen molar-refractivity contribution in [3.05, 3.63) is 18.2 Å². The number of carboxylic acids is 1. The molecule has 2 aromatic rings. The average Bonchev–Trinajstić information content (AvgIpc) is 3.43. The number of rotatable bonds is 4. The largest absolute Gasteiger partial charge is 0.490 e. The molecule has 2 bridgehead atoms. The molecule has 0 saturated heterocycles. The predicted molar refractivity (Wildman–Crippen MR) is 93.1 cm³/mol. The van der Waals surface area contributed by atoms with E-state index in [0.717, 1.165) is 19.3 Å². The van der Waals surface area contributed by atoms with E-state index in [1.165, 1.54) is 12.7 Å². The first kappa shape index (κ1) is 21.7. The third-order valence-electron chi connectivity index (χ3n) is 5.19. The second-order valence-electron chi connectivity index (χ2n) is 7.24. The summed E-state index contributed by atoms with van der Waals surface area (Å²) in [5.41, 5.74) is 6.96. The van der Waals surface area contributed by atoms with Crippen molar-refractivity contribution in [1.82, 2.24) is 20.0 Å². The Labute approximate surface area is 168 Å². The highest BCUT2D eigenvalue weighted by atomic mass is 19.4. The lowest BCUT2D eigenvalue weighted by Crippen LogP contribution is -2.43. The molecule has 2 aromatic heterocycles. The molecule has 0 aromatic carbocycles. The maximum absolute atomic E-state index is 11.6. The Morgan fingerprint density at radius 2 is 2.17 bits per heavy atom. The van der Waals surface area contributed by atoms with Gasteiger partial charge in [-0.2, -0.15) is 13.2 Å². The van der Waals surface area contributed by atoms with Crippen LogP contribution in [-0.4, -0.2) is 55.3 Å². The topological polar surface area (TPSA) is 146 Å². The summed E-state index contributed by atoms with van der Waals surface area (Å²) in [6, 6.07) is 0.169. The van der Waals surface area contributed by atoms with E-state index in [1.54, 1.807) is 13.1 Å². The molecule has 2 aliphatic carbocycles. The van der Waals surface area contributed by atoms with Gasteiger partial charge in [-0.3, -0.25) is 0 Å². The molecule has 3 N–H and O–H groups in total. The third-order valence-corrected chi connectivity index (χ3v) is 5.19. The van der Waals surface area contributed by atoms with Crippen LogP contribution in [-0.2, 0) is 9.53 Å². The summed E-state index contributed by atoms with van der Waals surface area (Å²) < 4.78 is 43.8. The van der Waals surface area contributed by atoms with Gasteiger partial charge in [-0.15, -0.1) is 5.10 Å². The summed E-state index contributed by atoms with van der Waals surface area (Å²) >= 11 is 0. The van der Waals surface area contributed by atoms with Crippen molar-refractivity contribution in [2.24, 2.45) is 11.7 Å². The van der Waals surface area contributed by atoms with Gasteiger partial charge < -0.3 is 20.0 Å². The molecule has 0 aliphatic heterocycles. The molecule has 0 amide bonds. The molecule has 2 saturated carbocycles. The fourth-order valence-electron chi connectivity index (χ4n) is 3.86. The highest BCUT2D eigenvalue weighted by Gasteiger charge is 2.50. The number of nitrogens with zero attached hydrogens (tertiary/aromatic N) is 4. The van der Waals surface area contributed by atoms with Crippen LogP contribution in [0.15, 0.2) is 16.9 Å². The highest BCUT2D eigenvalue weighted by molar-refractivity contribution is 5.87. The third kappa shape index (κ3) is 4.45. The van der Waals surface area contributed by atoms with E-state index in [2.05, 4.69) is 15.3 Å². The van der Waals surface area contributed by atoms with Gasteiger partial charge in [0.1, 0.15) is 6.26 Å². The Morgan fingerprint density at radius 1 is 1.47 bits per heavy atom. The van der Waals surface area contributed by atoms with Gasteiger partial charge in [0.05, 0.1) is 18.8 Å². The van der Waals surface area contributed by atoms with E-state index in [4.69, 9.17) is 24.8 Å². The second kappa shape index (κ2) is 8.05. The first-order valence-corrected chi connectivity index (χ1v) is 9.17. The minimum Gasteiger partial charge on any atom is -0.475 e. The van der Waals surface area contributed by atoms with Gasteiger partial charge in [0.15, 0.2) is 11.4 Å². The summed E-state index contributed by atoms with van der Waals surface area (Å²) in [6.45, 7) is 2.03. The molecule has 164 valence electrons. The van der Waals surface area contributed by atoms with Crippen LogP contribution in [0.25, 0.3) is 11.6 Å². The number of aliphatic carboxylic acids is 1. The first-order chi connectivity index (χ1) is 14.0. The van der Waals surface area contributed by atoms with Crippen LogP contribution in [0.1, 0.15) is 49.1 Å². The van der Waals surface area contributed by atoms with E-state index in [9.17, 15) is 18.0 Å². The Hall–Kier alpha value is -2.96. The molecule has 0 radical (unpaired) electrons. The lowest BCUT2D eigenvalue weighted by atomic mass is 9.89. The lowest BCUT2D eigenvalue weighted by molar-refractivity contribution is -0.192. The number of carboxylic acid groups (broad SMARTS) is 1. The van der Waals surface area contributed by atoms with Crippen LogP contribution in [0.2, 0.25) is 0 Å². The molecule has 2 heterocycles. The number of alkyl halides is 3. The van der Waals surface area contributed by atoms with Crippen molar-refractivity contribution in [3.63, 3.8) is 0 Å². The molecular weight excluding hydrogens is 411 g/mol. The first-order valence-electron chi connectivity index (χ1n) is 9.17. The van der Waals surface area contributed by atoms with E-state index >= 15 is 0 Å². The zero-order valence-electron chi connectivity index (χ0n) is 15.9. The Balaban J connectivity index is 0.000000318. The number of aromatic nitrogens is 4. The average molecular weight is 431 g/mol. The van der Waals surface area contributed by atoms with Crippen molar-refractivity contribution in [1.29, 1.82) is 0 Å². The van der Waals surface area contributed by atoms with Crippen LogP contribution < -0.4 is 5.73 Å². The maximum Gasteiger partial charge on any atom is 0.490 e. The van der Waals surface area contributed by atoms with Crippen molar-refractivity contribution in [2.75, 3.05) is 6.61 Å². The summed E-state index contributed by atoms with van der Waals surface area (Å²) in [5.74, 6) is -2.32. The number of ether oxygens (including phenoxy) is 1. The molecule has 4 rings (SSSR count). The fraction of sp³-hybridized carbons (Fsp3) is 0.588. The standard InChI is InChI=1S/C15H19N5O3.C2HF3O2/c1-2-22-14(21)11-8-23-13(17-11)10-7-20(19-18-10)12-5-9-3-4-15(12,16)6-9;3-2(4,5)1(6)7/h7-9,12H,2-6,16H2,1H3;(H,6,7). The summed E-state index contributed by atoms with van der Waals surface area (Å²) in [4.78, 5) is 24.6. The van der Waals surface area contributed by atoms with Crippen LogP contribution in [0.4, 0.5) is 13.2 Å².